The maximum Gasteiger partial charge on any atom is 0.335 e. The van der Waals surface area contributed by atoms with E-state index in [4.69, 9.17) is 28.3 Å². The summed E-state index contributed by atoms with van der Waals surface area (Å²) in [6.45, 7) is 0. The highest BCUT2D eigenvalue weighted by atomic mass is 35.5. The number of carbonyl (C=O) groups is 1. The maximum absolute atomic E-state index is 12.7. The number of aromatic nitrogens is 2. The van der Waals surface area contributed by atoms with Crippen LogP contribution in [0.15, 0.2) is 47.3 Å². The fourth-order valence-electron chi connectivity index (χ4n) is 3.38. The van der Waals surface area contributed by atoms with Crippen LogP contribution in [0.5, 0.6) is 5.88 Å². The van der Waals surface area contributed by atoms with Crippen LogP contribution in [0.1, 0.15) is 31.2 Å². The molecule has 0 unspecified atom stereocenters. The summed E-state index contributed by atoms with van der Waals surface area (Å²) in [5.41, 5.74) is 2.25. The third-order valence-corrected chi connectivity index (χ3v) is 5.72. The highest BCUT2D eigenvalue weighted by molar-refractivity contribution is 6.42. The average molecular weight is 449 g/mol. The molecule has 3 rings (SSSR count). The fourth-order valence-corrected chi connectivity index (χ4v) is 3.68. The van der Waals surface area contributed by atoms with Gasteiger partial charge in [0.25, 0.3) is 0 Å². The molecule has 0 radical (unpaired) electrons. The van der Waals surface area contributed by atoms with Crippen LogP contribution in [0.25, 0.3) is 16.9 Å². The van der Waals surface area contributed by atoms with Gasteiger partial charge in [0.1, 0.15) is 5.69 Å². The number of nitrogens with zero attached hydrogens (tertiary/aromatic N) is 2. The lowest BCUT2D eigenvalue weighted by atomic mass is 10.0. The summed E-state index contributed by atoms with van der Waals surface area (Å²) in [5.74, 6) is -0.945. The minimum absolute atomic E-state index is 0.178. The number of carboxylic acids is 1. The molecular formula is C22H22Cl2N2O4. The van der Waals surface area contributed by atoms with Crippen molar-refractivity contribution in [3.05, 3.63) is 68.6 Å². The summed E-state index contributed by atoms with van der Waals surface area (Å²) in [5, 5.41) is 20.1. The topological polar surface area (TPSA) is 84.5 Å². The Morgan fingerprint density at radius 3 is 2.33 bits per heavy atom. The molecule has 3 aromatic rings. The molecule has 8 heteroatoms. The molecule has 0 atom stereocenters. The lowest BCUT2D eigenvalue weighted by Crippen LogP contribution is -2.21. The van der Waals surface area contributed by atoms with Crippen LogP contribution >= 0.6 is 23.2 Å². The first-order valence-electron chi connectivity index (χ1n) is 9.57. The Morgan fingerprint density at radius 1 is 1.00 bits per heavy atom. The molecule has 0 spiro atoms. The Bertz CT molecular complexity index is 1120. The van der Waals surface area contributed by atoms with Crippen LogP contribution in [0.4, 0.5) is 0 Å². The van der Waals surface area contributed by atoms with Gasteiger partial charge in [-0.25, -0.2) is 9.36 Å². The van der Waals surface area contributed by atoms with E-state index in [2.05, 4.69) is 0 Å². The fraction of sp³-hybridized carbons (Fsp3) is 0.273. The molecule has 1 heterocycles. The van der Waals surface area contributed by atoms with E-state index in [0.29, 0.717) is 33.4 Å². The highest BCUT2D eigenvalue weighted by Gasteiger charge is 2.20. The summed E-state index contributed by atoms with van der Waals surface area (Å²) < 4.78 is 2.58. The molecule has 0 fully saturated rings. The molecule has 0 bridgehead atoms. The van der Waals surface area contributed by atoms with Crippen molar-refractivity contribution in [3.63, 3.8) is 0 Å². The van der Waals surface area contributed by atoms with Crippen molar-refractivity contribution in [3.8, 4) is 22.8 Å². The lowest BCUT2D eigenvalue weighted by molar-refractivity contribution is -0.137. The van der Waals surface area contributed by atoms with Crippen LogP contribution in [0.3, 0.4) is 0 Å². The van der Waals surface area contributed by atoms with Gasteiger partial charge in [-0.1, -0.05) is 53.9 Å². The molecule has 2 aromatic carbocycles. The number of hydrogen-bond acceptors (Lipinski definition) is 3. The molecule has 1 aromatic heterocycles. The predicted molar refractivity (Wildman–Crippen MR) is 118 cm³/mol. The van der Waals surface area contributed by atoms with Crippen molar-refractivity contribution in [1.29, 1.82) is 0 Å². The molecule has 0 aliphatic rings. The number of hydrogen-bond donors (Lipinski definition) is 2. The van der Waals surface area contributed by atoms with Gasteiger partial charge in [-0.2, -0.15) is 0 Å². The van der Waals surface area contributed by atoms with Gasteiger partial charge in [0, 0.05) is 19.0 Å². The highest BCUT2D eigenvalue weighted by Crippen LogP contribution is 2.32. The van der Waals surface area contributed by atoms with Gasteiger partial charge in [0.05, 0.1) is 15.7 Å². The predicted octanol–water partition coefficient (Wildman–Crippen LogP) is 5.04. The first-order chi connectivity index (χ1) is 14.3. The molecular weight excluding hydrogens is 427 g/mol. The van der Waals surface area contributed by atoms with E-state index < -0.39 is 11.7 Å². The van der Waals surface area contributed by atoms with Crippen LogP contribution in [0.2, 0.25) is 10.0 Å². The summed E-state index contributed by atoms with van der Waals surface area (Å²) in [6, 6.07) is 12.3. The first-order valence-corrected chi connectivity index (χ1v) is 10.3. The molecule has 30 heavy (non-hydrogen) atoms. The van der Waals surface area contributed by atoms with E-state index in [9.17, 15) is 14.7 Å². The second-order valence-electron chi connectivity index (χ2n) is 7.10. The zero-order valence-corrected chi connectivity index (χ0v) is 18.0. The molecule has 6 nitrogen and oxygen atoms in total. The van der Waals surface area contributed by atoms with Crippen LogP contribution in [-0.2, 0) is 18.3 Å². The Labute approximate surface area is 183 Å². The van der Waals surface area contributed by atoms with E-state index in [-0.39, 0.29) is 12.3 Å². The molecule has 2 N–H and O–H groups in total. The molecule has 0 saturated carbocycles. The first kappa shape index (κ1) is 22.0. The molecule has 0 aliphatic heterocycles. The van der Waals surface area contributed by atoms with Gasteiger partial charge in [0.15, 0.2) is 0 Å². The summed E-state index contributed by atoms with van der Waals surface area (Å²) in [6.07, 6.45) is 3.47. The number of carboxylic acid groups (broad SMARTS) is 1. The molecule has 0 saturated heterocycles. The second-order valence-corrected chi connectivity index (χ2v) is 7.91. The number of benzene rings is 2. The number of halogens is 2. The number of aliphatic carboxylic acids is 1. The Balaban J connectivity index is 1.82. The summed E-state index contributed by atoms with van der Waals surface area (Å²) in [7, 11) is 1.60. The van der Waals surface area contributed by atoms with Crippen LogP contribution in [0, 0.1) is 0 Å². The Morgan fingerprint density at radius 2 is 1.70 bits per heavy atom. The molecule has 158 valence electrons. The standard InChI is InChI=1S/C22H22Cl2N2O4/c1-25-20(15-9-7-14(8-10-15)5-3-2-4-6-19(27)28)21(29)26(22(25)30)16-11-12-17(23)18(24)13-16/h7-13,29H,2-6H2,1H3,(H,27,28). The summed E-state index contributed by atoms with van der Waals surface area (Å²) in [4.78, 5) is 23.3. The third kappa shape index (κ3) is 4.71. The minimum Gasteiger partial charge on any atom is -0.493 e. The Hall–Kier alpha value is -2.70. The van der Waals surface area contributed by atoms with Crippen LogP contribution in [-0.4, -0.2) is 25.3 Å². The van der Waals surface area contributed by atoms with E-state index in [0.717, 1.165) is 24.8 Å². The second kappa shape index (κ2) is 9.41. The number of unbranched alkanes of at least 4 members (excludes halogenated alkanes) is 2. The quantitative estimate of drug-likeness (QED) is 0.472. The summed E-state index contributed by atoms with van der Waals surface area (Å²) >= 11 is 12.0. The lowest BCUT2D eigenvalue weighted by Gasteiger charge is -2.07. The third-order valence-electron chi connectivity index (χ3n) is 4.98. The Kier molecular flexibility index (Phi) is 6.90. The SMILES string of the molecule is Cn1c(-c2ccc(CCCCCC(=O)O)cc2)c(O)n(-c2ccc(Cl)c(Cl)c2)c1=O. The van der Waals surface area contributed by atoms with E-state index in [1.165, 1.54) is 15.2 Å². The van der Waals surface area contributed by atoms with Gasteiger partial charge in [0.2, 0.25) is 5.88 Å². The largest absolute Gasteiger partial charge is 0.493 e. The monoisotopic (exact) mass is 448 g/mol. The van der Waals surface area contributed by atoms with Crippen LogP contribution < -0.4 is 5.69 Å². The van der Waals surface area contributed by atoms with Gasteiger partial charge < -0.3 is 10.2 Å². The smallest absolute Gasteiger partial charge is 0.335 e. The van der Waals surface area contributed by atoms with Crippen molar-refractivity contribution >= 4 is 29.2 Å². The molecule has 0 aliphatic carbocycles. The zero-order valence-electron chi connectivity index (χ0n) is 16.4. The minimum atomic E-state index is -0.766. The van der Waals surface area contributed by atoms with E-state index in [1.54, 1.807) is 19.2 Å². The van der Waals surface area contributed by atoms with Gasteiger partial charge >= 0.3 is 11.7 Å². The molecule has 0 amide bonds. The van der Waals surface area contributed by atoms with E-state index in [1.807, 2.05) is 24.3 Å². The van der Waals surface area contributed by atoms with Crippen molar-refractivity contribution in [2.75, 3.05) is 0 Å². The van der Waals surface area contributed by atoms with Gasteiger partial charge in [-0.05, 0) is 43.0 Å². The number of aryl methyl sites for hydroxylation is 1. The van der Waals surface area contributed by atoms with Crippen molar-refractivity contribution in [2.24, 2.45) is 7.05 Å². The van der Waals surface area contributed by atoms with Gasteiger partial charge in [-0.15, -0.1) is 0 Å². The normalized spacial score (nSPS) is 11.0. The number of aromatic hydroxyl groups is 1. The van der Waals surface area contributed by atoms with Crippen molar-refractivity contribution in [2.45, 2.75) is 32.1 Å². The van der Waals surface area contributed by atoms with Crippen molar-refractivity contribution < 1.29 is 15.0 Å². The number of imidazole rings is 1. The van der Waals surface area contributed by atoms with Gasteiger partial charge in [-0.3, -0.25) is 9.36 Å². The van der Waals surface area contributed by atoms with Crippen molar-refractivity contribution in [1.82, 2.24) is 9.13 Å². The zero-order chi connectivity index (χ0) is 21.8. The number of rotatable bonds is 8. The average Bonchev–Trinajstić information content (AvgIpc) is 2.93. The maximum atomic E-state index is 12.7. The van der Waals surface area contributed by atoms with E-state index >= 15 is 0 Å².